The fourth-order valence-electron chi connectivity index (χ4n) is 3.13. The molecular weight excluding hydrogens is 364 g/mol. The Bertz CT molecular complexity index is 1030. The van der Waals surface area contributed by atoms with Crippen LogP contribution >= 0.6 is 0 Å². The van der Waals surface area contributed by atoms with Gasteiger partial charge in [-0.1, -0.05) is 44.2 Å². The lowest BCUT2D eigenvalue weighted by molar-refractivity contribution is 0.102. The lowest BCUT2D eigenvalue weighted by atomic mass is 9.98. The molecule has 6 nitrogen and oxygen atoms in total. The zero-order chi connectivity index (χ0) is 21.0. The van der Waals surface area contributed by atoms with Gasteiger partial charge < -0.3 is 15.4 Å². The highest BCUT2D eigenvalue weighted by atomic mass is 16.5. The van der Waals surface area contributed by atoms with E-state index in [1.165, 1.54) is 5.56 Å². The molecule has 0 unspecified atom stereocenters. The van der Waals surface area contributed by atoms with E-state index in [2.05, 4.69) is 40.5 Å². The number of benzene rings is 2. The lowest BCUT2D eigenvalue weighted by Crippen LogP contribution is -2.16. The summed E-state index contributed by atoms with van der Waals surface area (Å²) in [5.74, 6) is 1.00. The highest BCUT2D eigenvalue weighted by molar-refractivity contribution is 6.04. The average Bonchev–Trinajstić information content (AvgIpc) is 2.69. The third kappa shape index (κ3) is 4.71. The van der Waals surface area contributed by atoms with E-state index in [0.29, 0.717) is 29.0 Å². The maximum Gasteiger partial charge on any atom is 0.274 e. The van der Waals surface area contributed by atoms with Crippen molar-refractivity contribution in [1.82, 2.24) is 9.97 Å². The van der Waals surface area contributed by atoms with Crippen LogP contribution in [0.2, 0.25) is 0 Å². The summed E-state index contributed by atoms with van der Waals surface area (Å²) in [5.41, 5.74) is 4.82. The molecule has 0 radical (unpaired) electrons. The maximum atomic E-state index is 12.8. The van der Waals surface area contributed by atoms with Crippen molar-refractivity contribution in [3.63, 3.8) is 0 Å². The normalized spacial score (nSPS) is 10.7. The molecule has 0 aliphatic carbocycles. The van der Waals surface area contributed by atoms with E-state index in [-0.39, 0.29) is 11.6 Å². The van der Waals surface area contributed by atoms with Gasteiger partial charge in [-0.25, -0.2) is 9.97 Å². The number of carbonyl (C=O) groups excluding carboxylic acids is 1. The van der Waals surface area contributed by atoms with Crippen LogP contribution in [0.15, 0.2) is 48.5 Å². The van der Waals surface area contributed by atoms with Crippen molar-refractivity contribution < 1.29 is 9.53 Å². The first-order valence-corrected chi connectivity index (χ1v) is 9.55. The fourth-order valence-corrected chi connectivity index (χ4v) is 3.13. The molecule has 3 aromatic rings. The van der Waals surface area contributed by atoms with E-state index in [4.69, 9.17) is 4.74 Å². The summed E-state index contributed by atoms with van der Waals surface area (Å²) in [5, 5.41) is 6.17. The number of methoxy groups -OCH3 is 1. The van der Waals surface area contributed by atoms with Crippen molar-refractivity contribution in [3.8, 4) is 5.75 Å². The zero-order valence-electron chi connectivity index (χ0n) is 17.4. The third-order valence-electron chi connectivity index (χ3n) is 4.61. The highest BCUT2D eigenvalue weighted by Crippen LogP contribution is 2.29. The van der Waals surface area contributed by atoms with E-state index < -0.39 is 0 Å². The van der Waals surface area contributed by atoms with Crippen LogP contribution in [-0.4, -0.2) is 23.0 Å². The second-order valence-electron chi connectivity index (χ2n) is 7.19. The molecule has 0 aliphatic heterocycles. The largest absolute Gasteiger partial charge is 0.495 e. The third-order valence-corrected chi connectivity index (χ3v) is 4.61. The minimum absolute atomic E-state index is 0.283. The highest BCUT2D eigenvalue weighted by Gasteiger charge is 2.15. The van der Waals surface area contributed by atoms with Gasteiger partial charge in [0.25, 0.3) is 5.91 Å². The zero-order valence-corrected chi connectivity index (χ0v) is 17.4. The number of nitrogens with zero attached hydrogens (tertiary/aromatic N) is 2. The van der Waals surface area contributed by atoms with Crippen LogP contribution < -0.4 is 15.4 Å². The van der Waals surface area contributed by atoms with Crippen molar-refractivity contribution >= 4 is 23.2 Å². The summed E-state index contributed by atoms with van der Waals surface area (Å²) >= 11 is 0. The second kappa shape index (κ2) is 8.73. The van der Waals surface area contributed by atoms with Crippen molar-refractivity contribution in [3.05, 3.63) is 71.0 Å². The van der Waals surface area contributed by atoms with Gasteiger partial charge in [-0.15, -0.1) is 0 Å². The Labute approximate surface area is 171 Å². The number of aromatic nitrogens is 2. The number of hydrogen-bond acceptors (Lipinski definition) is 5. The summed E-state index contributed by atoms with van der Waals surface area (Å²) in [4.78, 5) is 21.7. The van der Waals surface area contributed by atoms with Crippen molar-refractivity contribution in [1.29, 1.82) is 0 Å². The standard InChI is InChI=1S/C23H26N4O2/c1-14(2)17-10-8-9-15(3)21(17)27-23-24-16(4)13-19(26-23)22(28)25-18-11-6-7-12-20(18)29-5/h6-14H,1-5H3,(H,25,28)(H,24,26,27). The Kier molecular flexibility index (Phi) is 6.12. The van der Waals surface area contributed by atoms with Crippen LogP contribution in [0.1, 0.15) is 47.1 Å². The summed E-state index contributed by atoms with van der Waals surface area (Å²) in [6.07, 6.45) is 0. The number of amides is 1. The van der Waals surface area contributed by atoms with E-state index in [9.17, 15) is 4.79 Å². The number of ether oxygens (including phenoxy) is 1. The van der Waals surface area contributed by atoms with E-state index in [1.54, 1.807) is 25.3 Å². The Morgan fingerprint density at radius 1 is 1.03 bits per heavy atom. The monoisotopic (exact) mass is 390 g/mol. The number of aryl methyl sites for hydroxylation is 2. The van der Waals surface area contributed by atoms with Crippen molar-refractivity contribution in [2.75, 3.05) is 17.7 Å². The maximum absolute atomic E-state index is 12.8. The van der Waals surface area contributed by atoms with Crippen molar-refractivity contribution in [2.45, 2.75) is 33.6 Å². The quantitative estimate of drug-likeness (QED) is 0.603. The molecule has 2 N–H and O–H groups in total. The molecule has 0 bridgehead atoms. The number of para-hydroxylation sites is 3. The van der Waals surface area contributed by atoms with Gasteiger partial charge in [0.2, 0.25) is 5.95 Å². The molecule has 1 aromatic heterocycles. The minimum Gasteiger partial charge on any atom is -0.495 e. The van der Waals surface area contributed by atoms with Crippen LogP contribution in [0, 0.1) is 13.8 Å². The average molecular weight is 390 g/mol. The van der Waals surface area contributed by atoms with Crippen molar-refractivity contribution in [2.24, 2.45) is 0 Å². The molecule has 1 heterocycles. The molecule has 150 valence electrons. The Morgan fingerprint density at radius 2 is 1.79 bits per heavy atom. The van der Waals surface area contributed by atoms with Gasteiger partial charge in [0.1, 0.15) is 11.4 Å². The SMILES string of the molecule is COc1ccccc1NC(=O)c1cc(C)nc(Nc2c(C)cccc2C(C)C)n1. The van der Waals surface area contributed by atoms with Gasteiger partial charge in [0, 0.05) is 11.4 Å². The predicted molar refractivity (Wildman–Crippen MR) is 116 cm³/mol. The van der Waals surface area contributed by atoms with Crippen LogP contribution in [0.3, 0.4) is 0 Å². The Balaban J connectivity index is 1.90. The number of anilines is 3. The topological polar surface area (TPSA) is 76.1 Å². The van der Waals surface area contributed by atoms with Gasteiger partial charge in [0.05, 0.1) is 12.8 Å². The summed E-state index contributed by atoms with van der Waals surface area (Å²) in [7, 11) is 1.57. The minimum atomic E-state index is -0.322. The van der Waals surface area contributed by atoms with Crippen LogP contribution in [0.25, 0.3) is 0 Å². The molecule has 0 spiro atoms. The van der Waals surface area contributed by atoms with Gasteiger partial charge in [0.15, 0.2) is 0 Å². The van der Waals surface area contributed by atoms with Gasteiger partial charge >= 0.3 is 0 Å². The molecule has 3 rings (SSSR count). The Hall–Kier alpha value is -3.41. The van der Waals surface area contributed by atoms with E-state index in [1.807, 2.05) is 38.1 Å². The van der Waals surface area contributed by atoms with Crippen LogP contribution in [0.5, 0.6) is 5.75 Å². The van der Waals surface area contributed by atoms with Gasteiger partial charge in [-0.2, -0.15) is 0 Å². The molecule has 1 amide bonds. The molecule has 0 atom stereocenters. The molecule has 0 fully saturated rings. The predicted octanol–water partition coefficient (Wildman–Crippen LogP) is 5.22. The molecular formula is C23H26N4O2. The van der Waals surface area contributed by atoms with E-state index >= 15 is 0 Å². The smallest absolute Gasteiger partial charge is 0.274 e. The first-order valence-electron chi connectivity index (χ1n) is 9.55. The molecule has 29 heavy (non-hydrogen) atoms. The van der Waals surface area contributed by atoms with Gasteiger partial charge in [-0.05, 0) is 49.1 Å². The number of nitrogens with one attached hydrogen (secondary N) is 2. The molecule has 2 aromatic carbocycles. The summed E-state index contributed by atoms with van der Waals surface area (Å²) in [6.45, 7) is 8.17. The molecule has 0 saturated heterocycles. The lowest BCUT2D eigenvalue weighted by Gasteiger charge is -2.17. The first kappa shape index (κ1) is 20.3. The molecule has 0 aliphatic rings. The Morgan fingerprint density at radius 3 is 2.52 bits per heavy atom. The fraction of sp³-hybridized carbons (Fsp3) is 0.261. The van der Waals surface area contributed by atoms with Crippen LogP contribution in [-0.2, 0) is 0 Å². The number of carbonyl (C=O) groups is 1. The summed E-state index contributed by atoms with van der Waals surface area (Å²) < 4.78 is 5.30. The number of hydrogen-bond donors (Lipinski definition) is 2. The molecule has 6 heteroatoms. The first-order chi connectivity index (χ1) is 13.9. The number of rotatable bonds is 6. The van der Waals surface area contributed by atoms with E-state index in [0.717, 1.165) is 11.3 Å². The second-order valence-corrected chi connectivity index (χ2v) is 7.19. The molecule has 0 saturated carbocycles. The van der Waals surface area contributed by atoms with Gasteiger partial charge in [-0.3, -0.25) is 4.79 Å². The van der Waals surface area contributed by atoms with Crippen LogP contribution in [0.4, 0.5) is 17.3 Å². The summed E-state index contributed by atoms with van der Waals surface area (Å²) in [6, 6.07) is 15.1.